The summed E-state index contributed by atoms with van der Waals surface area (Å²) in [6.07, 6.45) is 2.97. The van der Waals surface area contributed by atoms with Gasteiger partial charge in [-0.15, -0.1) is 4.31 Å². The molecule has 2 aliphatic heterocycles. The van der Waals surface area contributed by atoms with Crippen molar-refractivity contribution in [3.05, 3.63) is 27.8 Å². The van der Waals surface area contributed by atoms with Gasteiger partial charge in [0, 0.05) is 39.5 Å². The van der Waals surface area contributed by atoms with Gasteiger partial charge in [-0.2, -0.15) is 5.10 Å². The molecule has 0 aliphatic carbocycles. The van der Waals surface area contributed by atoms with Crippen LogP contribution in [0, 0.1) is 13.8 Å². The van der Waals surface area contributed by atoms with Gasteiger partial charge < -0.3 is 9.08 Å². The summed E-state index contributed by atoms with van der Waals surface area (Å²) in [6, 6.07) is 0. The molecule has 0 radical (unpaired) electrons. The smallest absolute Gasteiger partial charge is 0.345 e. The third kappa shape index (κ3) is 3.47. The van der Waals surface area contributed by atoms with Crippen molar-refractivity contribution in [1.29, 1.82) is 0 Å². The molecule has 1 atom stereocenters. The first kappa shape index (κ1) is 19.5. The zero-order chi connectivity index (χ0) is 19.9. The van der Waals surface area contributed by atoms with Crippen LogP contribution in [0.2, 0.25) is 0 Å². The average Bonchev–Trinajstić information content (AvgIpc) is 3.20. The maximum Gasteiger partial charge on any atom is 0.345 e. The van der Waals surface area contributed by atoms with Gasteiger partial charge in [-0.05, 0) is 19.8 Å². The summed E-state index contributed by atoms with van der Waals surface area (Å²) in [4.78, 5) is 14.8. The topological polar surface area (TPSA) is 112 Å². The molecule has 0 amide bonds. The molecule has 1 fully saturated rings. The standard InChI is InChI=1S/C17H26N6O4S/c1-13-16(14(2)27-19-13)28(25,26)21-10-7-20(8-11-21)9-12-23-17(24)22-6-4-3-5-15(22)18-23/h3-12H2,1-2H3. The van der Waals surface area contributed by atoms with Crippen LogP contribution < -0.4 is 5.69 Å². The zero-order valence-corrected chi connectivity index (χ0v) is 17.1. The van der Waals surface area contributed by atoms with Crippen LogP contribution in [0.15, 0.2) is 14.2 Å². The van der Waals surface area contributed by atoms with Gasteiger partial charge >= 0.3 is 5.69 Å². The van der Waals surface area contributed by atoms with Gasteiger partial charge in [0.1, 0.15) is 11.5 Å². The van der Waals surface area contributed by atoms with Gasteiger partial charge in [-0.3, -0.25) is 9.47 Å². The summed E-state index contributed by atoms with van der Waals surface area (Å²) >= 11 is 0. The van der Waals surface area contributed by atoms with Crippen molar-refractivity contribution in [2.75, 3.05) is 32.7 Å². The number of nitrogens with zero attached hydrogens (tertiary/aromatic N) is 6. The summed E-state index contributed by atoms with van der Waals surface area (Å²) in [5, 5.41) is 8.22. The van der Waals surface area contributed by atoms with E-state index in [2.05, 4.69) is 15.2 Å². The molecule has 2 aromatic rings. The van der Waals surface area contributed by atoms with Crippen molar-refractivity contribution in [2.24, 2.45) is 0 Å². The van der Waals surface area contributed by atoms with Crippen molar-refractivity contribution >= 4 is 10.4 Å². The van der Waals surface area contributed by atoms with Crippen LogP contribution in [0.5, 0.6) is 0 Å². The number of sulfonamides is 1. The molecule has 0 bridgehead atoms. The molecule has 0 aromatic carbocycles. The van der Waals surface area contributed by atoms with E-state index in [4.69, 9.17) is 4.52 Å². The van der Waals surface area contributed by atoms with E-state index < -0.39 is 10.4 Å². The molecular weight excluding hydrogens is 384 g/mol. The van der Waals surface area contributed by atoms with Crippen molar-refractivity contribution in [3.8, 4) is 0 Å². The third-order valence-corrected chi connectivity index (χ3v) is 7.70. The Balaban J connectivity index is 1.35. The lowest BCUT2D eigenvalue weighted by atomic mass is 10.2. The fourth-order valence-corrected chi connectivity index (χ4v) is 5.71. The quantitative estimate of drug-likeness (QED) is 0.648. The molecule has 2 aliphatic rings. The van der Waals surface area contributed by atoms with Crippen LogP contribution >= 0.6 is 0 Å². The molecule has 4 heterocycles. The number of piperazine rings is 1. The molecular formula is C17H26N6O4S. The van der Waals surface area contributed by atoms with Crippen LogP contribution in [-0.2, 0) is 34.1 Å². The first-order chi connectivity index (χ1) is 13.4. The minimum absolute atomic E-state index is 0.0330. The van der Waals surface area contributed by atoms with E-state index >= 15 is 0 Å². The van der Waals surface area contributed by atoms with Crippen LogP contribution in [0.25, 0.3) is 0 Å². The second kappa shape index (κ2) is 7.54. The molecule has 1 saturated heterocycles. The van der Waals surface area contributed by atoms with E-state index in [1.165, 1.54) is 4.31 Å². The van der Waals surface area contributed by atoms with Crippen LogP contribution in [0.1, 0.15) is 30.1 Å². The van der Waals surface area contributed by atoms with Gasteiger partial charge in [0.25, 0.3) is 0 Å². The molecule has 28 heavy (non-hydrogen) atoms. The van der Waals surface area contributed by atoms with Crippen molar-refractivity contribution < 1.29 is 13.3 Å². The fourth-order valence-electron chi connectivity index (χ4n) is 4.00. The van der Waals surface area contributed by atoms with Gasteiger partial charge in [0.05, 0.1) is 19.6 Å². The number of aromatic nitrogens is 4. The molecule has 11 heteroatoms. The Morgan fingerprint density at radius 2 is 1.86 bits per heavy atom. The fraction of sp³-hybridized carbons (Fsp3) is 0.706. The Bertz CT molecular complexity index is 936. The van der Waals surface area contributed by atoms with Crippen molar-refractivity contribution in [2.45, 2.75) is 51.1 Å². The van der Waals surface area contributed by atoms with E-state index in [9.17, 15) is 13.6 Å². The maximum atomic E-state index is 12.9. The van der Waals surface area contributed by atoms with E-state index in [-0.39, 0.29) is 10.6 Å². The molecule has 4 rings (SSSR count). The maximum absolute atomic E-state index is 12.9. The zero-order valence-electron chi connectivity index (χ0n) is 16.3. The Hall–Kier alpha value is -1.82. The number of fused-ring (bicyclic) bond motifs is 1. The lowest BCUT2D eigenvalue weighted by Gasteiger charge is -2.35. The van der Waals surface area contributed by atoms with Crippen molar-refractivity contribution in [3.63, 3.8) is 0 Å². The monoisotopic (exact) mass is 410 g/mol. The largest absolute Gasteiger partial charge is 0.593 e. The summed E-state index contributed by atoms with van der Waals surface area (Å²) in [5.74, 6) is 1.20. The normalized spacial score (nSPS) is 20.8. The SMILES string of the molecule is Cc1noc(C)c1[S+](=O)([O-])N1CCN(CCn2nc3n(c2=O)CCCC3)CC1. The second-order valence-electron chi connectivity index (χ2n) is 7.43. The Morgan fingerprint density at radius 1 is 1.11 bits per heavy atom. The molecule has 0 N–H and O–H groups in total. The first-order valence-corrected chi connectivity index (χ1v) is 11.1. The Morgan fingerprint density at radius 3 is 2.50 bits per heavy atom. The highest BCUT2D eigenvalue weighted by atomic mass is 32.3. The lowest BCUT2D eigenvalue weighted by molar-refractivity contribution is 0.173. The molecule has 0 spiro atoms. The van der Waals surface area contributed by atoms with Gasteiger partial charge in [-0.1, -0.05) is 9.37 Å². The highest BCUT2D eigenvalue weighted by molar-refractivity contribution is 7.95. The van der Waals surface area contributed by atoms with Crippen LogP contribution in [0.3, 0.4) is 0 Å². The van der Waals surface area contributed by atoms with Gasteiger partial charge in [0.2, 0.25) is 4.90 Å². The van der Waals surface area contributed by atoms with E-state index in [1.54, 1.807) is 23.1 Å². The molecule has 1 unspecified atom stereocenters. The molecule has 10 nitrogen and oxygen atoms in total. The minimum atomic E-state index is -3.60. The molecule has 154 valence electrons. The average molecular weight is 411 g/mol. The van der Waals surface area contributed by atoms with E-state index in [0.29, 0.717) is 50.7 Å². The highest BCUT2D eigenvalue weighted by Gasteiger charge is 2.38. The first-order valence-electron chi connectivity index (χ1n) is 9.70. The van der Waals surface area contributed by atoms with E-state index in [1.807, 2.05) is 0 Å². The summed E-state index contributed by atoms with van der Waals surface area (Å²) in [7, 11) is -3.60. The summed E-state index contributed by atoms with van der Waals surface area (Å²) < 4.78 is 35.6. The molecule has 0 saturated carbocycles. The number of rotatable bonds is 5. The van der Waals surface area contributed by atoms with Gasteiger partial charge in [0.15, 0.2) is 16.2 Å². The second-order valence-corrected chi connectivity index (χ2v) is 9.30. The van der Waals surface area contributed by atoms with Crippen LogP contribution in [0.4, 0.5) is 0 Å². The number of hydrogen-bond acceptors (Lipinski definition) is 7. The minimum Gasteiger partial charge on any atom is -0.593 e. The Labute approximate surface area is 164 Å². The lowest BCUT2D eigenvalue weighted by Crippen LogP contribution is -2.51. The number of aryl methyl sites for hydroxylation is 3. The molecule has 2 aromatic heterocycles. The predicted octanol–water partition coefficient (Wildman–Crippen LogP) is 0.208. The van der Waals surface area contributed by atoms with Gasteiger partial charge in [-0.25, -0.2) is 9.48 Å². The number of hydrogen-bond donors (Lipinski definition) is 0. The Kier molecular flexibility index (Phi) is 5.25. The highest BCUT2D eigenvalue weighted by Crippen LogP contribution is 2.28. The van der Waals surface area contributed by atoms with Crippen LogP contribution in [-0.4, -0.2) is 66.0 Å². The van der Waals surface area contributed by atoms with E-state index in [0.717, 1.165) is 31.6 Å². The van der Waals surface area contributed by atoms with Crippen molar-refractivity contribution in [1.82, 2.24) is 28.7 Å². The predicted molar refractivity (Wildman–Crippen MR) is 101 cm³/mol. The summed E-state index contributed by atoms with van der Waals surface area (Å²) in [6.45, 7) is 7.25. The third-order valence-electron chi connectivity index (χ3n) is 5.56. The summed E-state index contributed by atoms with van der Waals surface area (Å²) in [5.41, 5.74) is 0.359.